The van der Waals surface area contributed by atoms with Crippen LogP contribution in [0.25, 0.3) is 0 Å². The van der Waals surface area contributed by atoms with Crippen LogP contribution in [0.5, 0.6) is 0 Å². The fourth-order valence-corrected chi connectivity index (χ4v) is 1.46. The Morgan fingerprint density at radius 1 is 1.44 bits per heavy atom. The maximum atomic E-state index is 11.9. The molecule has 0 bridgehead atoms. The molecule has 1 aromatic heterocycles. The number of aromatic amines is 1. The summed E-state index contributed by atoms with van der Waals surface area (Å²) in [5.74, 6) is -0.948. The number of carboxylic acids is 1. The number of urea groups is 1. The van der Waals surface area contributed by atoms with Gasteiger partial charge in [0.05, 0.1) is 12.5 Å². The van der Waals surface area contributed by atoms with Gasteiger partial charge in [0.2, 0.25) is 0 Å². The molecule has 1 aromatic rings. The van der Waals surface area contributed by atoms with Gasteiger partial charge in [0.1, 0.15) is 12.2 Å². The summed E-state index contributed by atoms with van der Waals surface area (Å²) in [6, 6.07) is -0.264. The largest absolute Gasteiger partial charge is 0.481 e. The summed E-state index contributed by atoms with van der Waals surface area (Å²) in [5.41, 5.74) is 0. The van der Waals surface area contributed by atoms with Gasteiger partial charge in [-0.1, -0.05) is 6.92 Å². The molecule has 0 fully saturated rings. The number of aromatic nitrogens is 3. The van der Waals surface area contributed by atoms with Crippen molar-refractivity contribution in [3.63, 3.8) is 0 Å². The molecule has 0 saturated carbocycles. The molecule has 2 amide bonds. The van der Waals surface area contributed by atoms with E-state index >= 15 is 0 Å². The van der Waals surface area contributed by atoms with Gasteiger partial charge in [-0.3, -0.25) is 9.89 Å². The molecule has 0 aliphatic rings. The number of hydrogen-bond donors (Lipinski definition) is 2. The zero-order valence-electron chi connectivity index (χ0n) is 10.6. The molecule has 1 unspecified atom stereocenters. The molecular formula is C10H17N5O3. The number of carbonyl (C=O) groups excluding carboxylic acids is 1. The highest BCUT2D eigenvalue weighted by Gasteiger charge is 2.20. The molecule has 0 aliphatic carbocycles. The molecule has 8 nitrogen and oxygen atoms in total. The molecule has 8 heteroatoms. The number of hydrogen-bond acceptors (Lipinski definition) is 4. The minimum absolute atomic E-state index is 0.162. The van der Waals surface area contributed by atoms with Crippen LogP contribution in [0.1, 0.15) is 12.7 Å². The lowest BCUT2D eigenvalue weighted by Crippen LogP contribution is -2.41. The Labute approximate surface area is 105 Å². The Kier molecular flexibility index (Phi) is 4.64. The molecule has 18 heavy (non-hydrogen) atoms. The Balaban J connectivity index is 2.50. The van der Waals surface area contributed by atoms with Gasteiger partial charge in [-0.25, -0.2) is 9.78 Å². The van der Waals surface area contributed by atoms with E-state index in [-0.39, 0.29) is 12.6 Å². The minimum atomic E-state index is -0.924. The summed E-state index contributed by atoms with van der Waals surface area (Å²) in [4.78, 5) is 29.4. The highest BCUT2D eigenvalue weighted by Crippen LogP contribution is 2.03. The van der Waals surface area contributed by atoms with E-state index in [4.69, 9.17) is 5.11 Å². The summed E-state index contributed by atoms with van der Waals surface area (Å²) in [7, 11) is 3.19. The van der Waals surface area contributed by atoms with E-state index < -0.39 is 11.9 Å². The number of carbonyl (C=O) groups is 2. The van der Waals surface area contributed by atoms with Crippen LogP contribution in [0.4, 0.5) is 4.79 Å². The average molecular weight is 255 g/mol. The fraction of sp³-hybridized carbons (Fsp3) is 0.600. The lowest BCUT2D eigenvalue weighted by atomic mass is 10.2. The summed E-state index contributed by atoms with van der Waals surface area (Å²) < 4.78 is 0. The van der Waals surface area contributed by atoms with Crippen LogP contribution in [0.15, 0.2) is 6.33 Å². The monoisotopic (exact) mass is 255 g/mol. The van der Waals surface area contributed by atoms with Crippen molar-refractivity contribution in [2.24, 2.45) is 5.92 Å². The maximum absolute atomic E-state index is 11.9. The van der Waals surface area contributed by atoms with Gasteiger partial charge in [0.15, 0.2) is 0 Å². The first-order valence-corrected chi connectivity index (χ1v) is 5.45. The number of nitrogens with one attached hydrogen (secondary N) is 1. The first-order valence-electron chi connectivity index (χ1n) is 5.45. The van der Waals surface area contributed by atoms with Crippen molar-refractivity contribution in [1.82, 2.24) is 25.0 Å². The molecule has 1 heterocycles. The lowest BCUT2D eigenvalue weighted by molar-refractivity contribution is -0.141. The number of amides is 2. The first kappa shape index (κ1) is 13.9. The predicted molar refractivity (Wildman–Crippen MR) is 62.7 cm³/mol. The van der Waals surface area contributed by atoms with E-state index in [1.54, 1.807) is 21.0 Å². The second kappa shape index (κ2) is 5.99. The molecule has 0 saturated heterocycles. The lowest BCUT2D eigenvalue weighted by Gasteiger charge is -2.25. The Morgan fingerprint density at radius 3 is 2.61 bits per heavy atom. The summed E-state index contributed by atoms with van der Waals surface area (Å²) >= 11 is 0. The second-order valence-corrected chi connectivity index (χ2v) is 4.19. The van der Waals surface area contributed by atoms with Gasteiger partial charge in [0, 0.05) is 20.6 Å². The summed E-state index contributed by atoms with van der Waals surface area (Å²) in [6.45, 7) is 2.02. The normalized spacial score (nSPS) is 11.9. The number of H-pyrrole nitrogens is 1. The standard InChI is InChI=1S/C10H17N5O3/c1-7(9(16)17)4-14(2)10(18)15(3)5-8-11-6-12-13-8/h6-7H,4-5H2,1-3H3,(H,16,17)(H,11,12,13). The van der Waals surface area contributed by atoms with Gasteiger partial charge in [0.25, 0.3) is 0 Å². The van der Waals surface area contributed by atoms with Crippen LogP contribution in [-0.4, -0.2) is 62.7 Å². The van der Waals surface area contributed by atoms with Crippen LogP contribution in [0, 0.1) is 5.92 Å². The van der Waals surface area contributed by atoms with Crippen molar-refractivity contribution in [3.05, 3.63) is 12.2 Å². The van der Waals surface area contributed by atoms with Crippen molar-refractivity contribution in [2.75, 3.05) is 20.6 Å². The Hall–Kier alpha value is -2.12. The molecule has 0 aliphatic heterocycles. The van der Waals surface area contributed by atoms with E-state index in [0.29, 0.717) is 12.4 Å². The molecule has 2 N–H and O–H groups in total. The minimum Gasteiger partial charge on any atom is -0.481 e. The van der Waals surface area contributed by atoms with Gasteiger partial charge in [-0.2, -0.15) is 5.10 Å². The van der Waals surface area contributed by atoms with Gasteiger partial charge >= 0.3 is 12.0 Å². The highest BCUT2D eigenvalue weighted by atomic mass is 16.4. The quantitative estimate of drug-likeness (QED) is 0.771. The van der Waals surface area contributed by atoms with E-state index in [1.165, 1.54) is 16.1 Å². The van der Waals surface area contributed by atoms with E-state index in [2.05, 4.69) is 15.2 Å². The van der Waals surface area contributed by atoms with Crippen molar-refractivity contribution in [2.45, 2.75) is 13.5 Å². The zero-order valence-corrected chi connectivity index (χ0v) is 10.6. The zero-order chi connectivity index (χ0) is 13.7. The molecule has 1 atom stereocenters. The van der Waals surface area contributed by atoms with Crippen molar-refractivity contribution >= 4 is 12.0 Å². The van der Waals surface area contributed by atoms with Gasteiger partial charge in [-0.05, 0) is 0 Å². The average Bonchev–Trinajstić information content (AvgIpc) is 2.80. The van der Waals surface area contributed by atoms with Crippen LogP contribution < -0.4 is 0 Å². The molecule has 100 valence electrons. The third kappa shape index (κ3) is 3.72. The Morgan fingerprint density at radius 2 is 2.11 bits per heavy atom. The van der Waals surface area contributed by atoms with Crippen LogP contribution in [0.2, 0.25) is 0 Å². The third-order valence-corrected chi connectivity index (χ3v) is 2.47. The second-order valence-electron chi connectivity index (χ2n) is 4.19. The highest BCUT2D eigenvalue weighted by molar-refractivity contribution is 5.75. The molecule has 0 aromatic carbocycles. The van der Waals surface area contributed by atoms with Crippen molar-refractivity contribution in [1.29, 1.82) is 0 Å². The number of rotatable bonds is 5. The fourth-order valence-electron chi connectivity index (χ4n) is 1.46. The van der Waals surface area contributed by atoms with Crippen LogP contribution in [0.3, 0.4) is 0 Å². The van der Waals surface area contributed by atoms with Crippen LogP contribution in [-0.2, 0) is 11.3 Å². The van der Waals surface area contributed by atoms with Crippen molar-refractivity contribution in [3.8, 4) is 0 Å². The Bertz CT molecular complexity index is 406. The van der Waals surface area contributed by atoms with Gasteiger partial charge < -0.3 is 14.9 Å². The van der Waals surface area contributed by atoms with Crippen LogP contribution >= 0.6 is 0 Å². The number of nitrogens with zero attached hydrogens (tertiary/aromatic N) is 4. The first-order chi connectivity index (χ1) is 8.41. The number of carboxylic acid groups (broad SMARTS) is 1. The number of aliphatic carboxylic acids is 1. The molecule has 1 rings (SSSR count). The smallest absolute Gasteiger partial charge is 0.319 e. The predicted octanol–water partition coefficient (Wildman–Crippen LogP) is 0.00900. The summed E-state index contributed by atoms with van der Waals surface area (Å²) in [5, 5.41) is 15.1. The maximum Gasteiger partial charge on any atom is 0.319 e. The molecule has 0 spiro atoms. The van der Waals surface area contributed by atoms with Crippen molar-refractivity contribution < 1.29 is 14.7 Å². The molecular weight excluding hydrogens is 238 g/mol. The topological polar surface area (TPSA) is 102 Å². The third-order valence-electron chi connectivity index (χ3n) is 2.47. The van der Waals surface area contributed by atoms with E-state index in [9.17, 15) is 9.59 Å². The molecule has 0 radical (unpaired) electrons. The summed E-state index contributed by atoms with van der Waals surface area (Å²) in [6.07, 6.45) is 1.36. The van der Waals surface area contributed by atoms with Gasteiger partial charge in [-0.15, -0.1) is 0 Å². The van der Waals surface area contributed by atoms with E-state index in [1.807, 2.05) is 0 Å². The SMILES string of the molecule is CC(CN(C)C(=O)N(C)Cc1ncn[nH]1)C(=O)O. The van der Waals surface area contributed by atoms with E-state index in [0.717, 1.165) is 0 Å².